The Morgan fingerprint density at radius 1 is 1.04 bits per heavy atom. The molecule has 0 saturated heterocycles. The molecule has 2 aliphatic rings. The zero-order valence-corrected chi connectivity index (χ0v) is 14.4. The molecule has 2 aliphatic heterocycles. The van der Waals surface area contributed by atoms with E-state index in [2.05, 4.69) is 24.0 Å². The van der Waals surface area contributed by atoms with Crippen LogP contribution in [0.5, 0.6) is 17.2 Å². The van der Waals surface area contributed by atoms with Crippen molar-refractivity contribution in [2.24, 2.45) is 0 Å². The minimum Gasteiger partial charge on any atom is -0.504 e. The van der Waals surface area contributed by atoms with E-state index in [4.69, 9.17) is 9.47 Å². The summed E-state index contributed by atoms with van der Waals surface area (Å²) in [6.07, 6.45) is 1.91. The molecular weight excluding hydrogens is 302 g/mol. The van der Waals surface area contributed by atoms with Crippen LogP contribution in [0.15, 0.2) is 30.3 Å². The van der Waals surface area contributed by atoms with Gasteiger partial charge >= 0.3 is 0 Å². The van der Waals surface area contributed by atoms with Gasteiger partial charge in [-0.2, -0.15) is 0 Å². The van der Waals surface area contributed by atoms with Crippen LogP contribution in [-0.2, 0) is 19.4 Å². The monoisotopic (exact) mass is 325 g/mol. The number of hydrogen-bond acceptors (Lipinski definition) is 4. The minimum absolute atomic E-state index is 0.224. The van der Waals surface area contributed by atoms with E-state index < -0.39 is 0 Å². The summed E-state index contributed by atoms with van der Waals surface area (Å²) >= 11 is 0. The Morgan fingerprint density at radius 2 is 1.83 bits per heavy atom. The molecule has 0 spiro atoms. The first-order valence-electron chi connectivity index (χ1n) is 8.42. The van der Waals surface area contributed by atoms with E-state index in [1.165, 1.54) is 22.3 Å². The van der Waals surface area contributed by atoms with Gasteiger partial charge in [0.15, 0.2) is 11.5 Å². The fourth-order valence-electron chi connectivity index (χ4n) is 4.26. The van der Waals surface area contributed by atoms with Gasteiger partial charge in [-0.25, -0.2) is 0 Å². The summed E-state index contributed by atoms with van der Waals surface area (Å²) in [5, 5.41) is 10.2. The number of phenolic OH excluding ortho intramolecular Hbond substituents is 1. The summed E-state index contributed by atoms with van der Waals surface area (Å²) in [6.45, 7) is 3.16. The number of ether oxygens (including phenoxy) is 2. The third-order valence-electron chi connectivity index (χ3n) is 5.49. The average molecular weight is 325 g/mol. The zero-order valence-electron chi connectivity index (χ0n) is 14.4. The molecule has 2 aromatic carbocycles. The fraction of sp³-hybridized carbons (Fsp3) is 0.400. The fourth-order valence-corrected chi connectivity index (χ4v) is 4.26. The Kier molecular flexibility index (Phi) is 3.65. The molecule has 4 rings (SSSR count). The highest BCUT2D eigenvalue weighted by Crippen LogP contribution is 2.45. The summed E-state index contributed by atoms with van der Waals surface area (Å²) in [7, 11) is 3.34. The van der Waals surface area contributed by atoms with Crippen LogP contribution in [-0.4, -0.2) is 30.3 Å². The van der Waals surface area contributed by atoms with Crippen molar-refractivity contribution in [2.75, 3.05) is 14.2 Å². The van der Waals surface area contributed by atoms with Crippen LogP contribution in [0, 0.1) is 0 Å². The second-order valence-corrected chi connectivity index (χ2v) is 6.77. The number of methoxy groups -OCH3 is 2. The van der Waals surface area contributed by atoms with Gasteiger partial charge in [0.1, 0.15) is 5.75 Å². The topological polar surface area (TPSA) is 41.9 Å². The Morgan fingerprint density at radius 3 is 2.58 bits per heavy atom. The maximum absolute atomic E-state index is 10.2. The summed E-state index contributed by atoms with van der Waals surface area (Å²) in [5.74, 6) is 1.76. The lowest BCUT2D eigenvalue weighted by Crippen LogP contribution is -2.45. The normalized spacial score (nSPS) is 22.3. The van der Waals surface area contributed by atoms with Gasteiger partial charge in [-0.3, -0.25) is 4.90 Å². The van der Waals surface area contributed by atoms with E-state index in [1.54, 1.807) is 14.2 Å². The Balaban J connectivity index is 1.80. The lowest BCUT2D eigenvalue weighted by Gasteiger charge is -2.45. The van der Waals surface area contributed by atoms with E-state index in [0.717, 1.165) is 25.1 Å². The van der Waals surface area contributed by atoms with Crippen molar-refractivity contribution in [2.45, 2.75) is 38.4 Å². The number of rotatable bonds is 2. The predicted octanol–water partition coefficient (Wildman–Crippen LogP) is 3.45. The van der Waals surface area contributed by atoms with Crippen molar-refractivity contribution < 1.29 is 14.6 Å². The quantitative estimate of drug-likeness (QED) is 0.918. The lowest BCUT2D eigenvalue weighted by atomic mass is 9.81. The highest BCUT2D eigenvalue weighted by atomic mass is 16.5. The summed E-state index contributed by atoms with van der Waals surface area (Å²) in [6, 6.07) is 10.9. The predicted molar refractivity (Wildman–Crippen MR) is 92.8 cm³/mol. The second-order valence-electron chi connectivity index (χ2n) is 6.77. The van der Waals surface area contributed by atoms with Crippen molar-refractivity contribution in [3.63, 3.8) is 0 Å². The van der Waals surface area contributed by atoms with Crippen LogP contribution in [0.2, 0.25) is 0 Å². The van der Waals surface area contributed by atoms with Crippen molar-refractivity contribution in [1.82, 2.24) is 4.90 Å². The zero-order chi connectivity index (χ0) is 16.8. The summed E-state index contributed by atoms with van der Waals surface area (Å²) in [4.78, 5) is 2.53. The first-order valence-corrected chi connectivity index (χ1v) is 8.42. The largest absolute Gasteiger partial charge is 0.504 e. The highest BCUT2D eigenvalue weighted by molar-refractivity contribution is 5.51. The Hall–Kier alpha value is -2.20. The second kappa shape index (κ2) is 5.71. The van der Waals surface area contributed by atoms with Crippen LogP contribution in [0.25, 0.3) is 0 Å². The standard InChI is InChI=1S/C20H23NO3/c1-12-7-14-9-20(24-3)18(22)10-15(14)17-8-13-5-4-6-19(23-2)16(13)11-21(12)17/h4-6,9-10,12,17,22H,7-8,11H2,1-3H3. The molecule has 0 bridgehead atoms. The molecule has 2 aromatic rings. The van der Waals surface area contributed by atoms with Gasteiger partial charge in [0.2, 0.25) is 0 Å². The van der Waals surface area contributed by atoms with E-state index in [9.17, 15) is 5.11 Å². The van der Waals surface area contributed by atoms with Crippen molar-refractivity contribution in [3.05, 3.63) is 52.6 Å². The van der Waals surface area contributed by atoms with E-state index in [-0.39, 0.29) is 5.75 Å². The van der Waals surface area contributed by atoms with Crippen molar-refractivity contribution in [1.29, 1.82) is 0 Å². The molecule has 1 N–H and O–H groups in total. The third-order valence-corrected chi connectivity index (χ3v) is 5.49. The van der Waals surface area contributed by atoms with Gasteiger partial charge in [-0.05, 0) is 54.7 Å². The van der Waals surface area contributed by atoms with Crippen molar-refractivity contribution >= 4 is 0 Å². The molecular formula is C20H23NO3. The van der Waals surface area contributed by atoms with Crippen LogP contribution in [0.3, 0.4) is 0 Å². The smallest absolute Gasteiger partial charge is 0.160 e. The SMILES string of the molecule is COc1cc2c(cc1O)C1Cc3cccc(OC)c3CN1C(C)C2. The molecule has 4 nitrogen and oxygen atoms in total. The van der Waals surface area contributed by atoms with Gasteiger partial charge in [-0.15, -0.1) is 0 Å². The average Bonchev–Trinajstić information content (AvgIpc) is 2.60. The number of benzene rings is 2. The highest BCUT2D eigenvalue weighted by Gasteiger charge is 2.37. The number of nitrogens with zero attached hydrogens (tertiary/aromatic N) is 1. The minimum atomic E-state index is 0.224. The number of phenols is 1. The number of aromatic hydroxyl groups is 1. The Labute approximate surface area is 142 Å². The van der Waals surface area contributed by atoms with E-state index >= 15 is 0 Å². The molecule has 0 radical (unpaired) electrons. The maximum Gasteiger partial charge on any atom is 0.160 e. The lowest BCUT2D eigenvalue weighted by molar-refractivity contribution is 0.104. The molecule has 0 aromatic heterocycles. The molecule has 0 amide bonds. The molecule has 2 unspecified atom stereocenters. The Bertz CT molecular complexity index is 787. The first kappa shape index (κ1) is 15.3. The summed E-state index contributed by atoms with van der Waals surface area (Å²) < 4.78 is 10.9. The van der Waals surface area contributed by atoms with Crippen LogP contribution >= 0.6 is 0 Å². The molecule has 4 heteroatoms. The molecule has 126 valence electrons. The van der Waals surface area contributed by atoms with E-state index in [1.807, 2.05) is 18.2 Å². The molecule has 2 atom stereocenters. The van der Waals surface area contributed by atoms with Crippen molar-refractivity contribution in [3.8, 4) is 17.2 Å². The molecule has 0 aliphatic carbocycles. The van der Waals surface area contributed by atoms with Crippen LogP contribution in [0.1, 0.15) is 35.2 Å². The summed E-state index contributed by atoms with van der Waals surface area (Å²) in [5.41, 5.74) is 5.14. The first-order chi connectivity index (χ1) is 11.6. The van der Waals surface area contributed by atoms with E-state index in [0.29, 0.717) is 17.8 Å². The van der Waals surface area contributed by atoms with Gasteiger partial charge in [0.05, 0.1) is 14.2 Å². The third kappa shape index (κ3) is 2.25. The molecule has 24 heavy (non-hydrogen) atoms. The molecule has 0 saturated carbocycles. The molecule has 0 fully saturated rings. The number of fused-ring (bicyclic) bond motifs is 4. The number of hydrogen-bond donors (Lipinski definition) is 1. The van der Waals surface area contributed by atoms with Gasteiger partial charge in [-0.1, -0.05) is 12.1 Å². The van der Waals surface area contributed by atoms with Crippen LogP contribution in [0.4, 0.5) is 0 Å². The van der Waals surface area contributed by atoms with Gasteiger partial charge < -0.3 is 14.6 Å². The van der Waals surface area contributed by atoms with Gasteiger partial charge in [0, 0.05) is 24.2 Å². The maximum atomic E-state index is 10.2. The van der Waals surface area contributed by atoms with Crippen LogP contribution < -0.4 is 9.47 Å². The molecule has 2 heterocycles. The van der Waals surface area contributed by atoms with Gasteiger partial charge in [0.25, 0.3) is 0 Å².